The highest BCUT2D eigenvalue weighted by Crippen LogP contribution is 2.23. The van der Waals surface area contributed by atoms with E-state index >= 15 is 0 Å². The number of aryl methyl sites for hydroxylation is 1. The minimum absolute atomic E-state index is 0.0227. The fourth-order valence-corrected chi connectivity index (χ4v) is 3.41. The Kier molecular flexibility index (Phi) is 5.10. The van der Waals surface area contributed by atoms with E-state index in [2.05, 4.69) is 15.1 Å². The molecule has 2 fully saturated rings. The quantitative estimate of drug-likeness (QED) is 0.830. The average Bonchev–Trinajstić information content (AvgIpc) is 2.81. The van der Waals surface area contributed by atoms with Crippen LogP contribution in [0.5, 0.6) is 0 Å². The highest BCUT2D eigenvalue weighted by atomic mass is 16.5. The number of anilines is 1. The SMILES string of the molecule is Cc1ccc(N2CCCN(C(=O)[C@H]3CCCO[C@H]3C)CC2)nn1. The van der Waals surface area contributed by atoms with Crippen LogP contribution in [-0.4, -0.2) is 59.9 Å². The van der Waals surface area contributed by atoms with Gasteiger partial charge in [-0.15, -0.1) is 5.10 Å². The van der Waals surface area contributed by atoms with Crippen molar-refractivity contribution in [2.45, 2.75) is 39.2 Å². The van der Waals surface area contributed by atoms with Crippen LogP contribution in [0.15, 0.2) is 12.1 Å². The molecule has 6 nitrogen and oxygen atoms in total. The van der Waals surface area contributed by atoms with E-state index in [1.807, 2.05) is 30.9 Å². The molecule has 126 valence electrons. The van der Waals surface area contributed by atoms with Crippen LogP contribution in [-0.2, 0) is 9.53 Å². The molecule has 3 rings (SSSR count). The molecular weight excluding hydrogens is 292 g/mol. The van der Waals surface area contributed by atoms with Gasteiger partial charge in [0.2, 0.25) is 5.91 Å². The van der Waals surface area contributed by atoms with Gasteiger partial charge < -0.3 is 14.5 Å². The summed E-state index contributed by atoms with van der Waals surface area (Å²) in [6, 6.07) is 3.99. The largest absolute Gasteiger partial charge is 0.378 e. The zero-order valence-electron chi connectivity index (χ0n) is 14.1. The van der Waals surface area contributed by atoms with Crippen molar-refractivity contribution < 1.29 is 9.53 Å². The van der Waals surface area contributed by atoms with Crippen molar-refractivity contribution in [2.24, 2.45) is 5.92 Å². The van der Waals surface area contributed by atoms with Crippen molar-refractivity contribution in [1.29, 1.82) is 0 Å². The predicted molar refractivity (Wildman–Crippen MR) is 88.3 cm³/mol. The lowest BCUT2D eigenvalue weighted by Gasteiger charge is -2.32. The number of rotatable bonds is 2. The van der Waals surface area contributed by atoms with E-state index < -0.39 is 0 Å². The lowest BCUT2D eigenvalue weighted by atomic mass is 9.94. The van der Waals surface area contributed by atoms with Crippen LogP contribution < -0.4 is 4.90 Å². The average molecular weight is 318 g/mol. The maximum Gasteiger partial charge on any atom is 0.228 e. The Morgan fingerprint density at radius 1 is 1.17 bits per heavy atom. The van der Waals surface area contributed by atoms with Crippen molar-refractivity contribution in [2.75, 3.05) is 37.7 Å². The van der Waals surface area contributed by atoms with Gasteiger partial charge in [-0.05, 0) is 45.2 Å². The van der Waals surface area contributed by atoms with Crippen molar-refractivity contribution in [1.82, 2.24) is 15.1 Å². The van der Waals surface area contributed by atoms with Gasteiger partial charge in [0.1, 0.15) is 0 Å². The van der Waals surface area contributed by atoms with Gasteiger partial charge in [-0.3, -0.25) is 4.79 Å². The van der Waals surface area contributed by atoms with Crippen LogP contribution >= 0.6 is 0 Å². The standard InChI is InChI=1S/C17H26N4O2/c1-13-6-7-16(19-18-13)20-8-4-9-21(11-10-20)17(22)15-5-3-12-23-14(15)2/h6-7,14-15H,3-5,8-12H2,1-2H3/t14-,15-/m0/s1. The first-order valence-corrected chi connectivity index (χ1v) is 8.61. The molecule has 1 aromatic rings. The van der Waals surface area contributed by atoms with E-state index in [0.29, 0.717) is 0 Å². The summed E-state index contributed by atoms with van der Waals surface area (Å²) < 4.78 is 5.66. The van der Waals surface area contributed by atoms with Crippen LogP contribution in [0.2, 0.25) is 0 Å². The normalized spacial score (nSPS) is 26.0. The Morgan fingerprint density at radius 3 is 2.78 bits per heavy atom. The van der Waals surface area contributed by atoms with Gasteiger partial charge in [0, 0.05) is 32.8 Å². The number of carbonyl (C=O) groups excluding carboxylic acids is 1. The Morgan fingerprint density at radius 2 is 2.04 bits per heavy atom. The third-order valence-corrected chi connectivity index (χ3v) is 4.84. The molecule has 23 heavy (non-hydrogen) atoms. The summed E-state index contributed by atoms with van der Waals surface area (Å²) in [5.74, 6) is 1.18. The summed E-state index contributed by atoms with van der Waals surface area (Å²) >= 11 is 0. The topological polar surface area (TPSA) is 58.6 Å². The molecule has 0 aromatic carbocycles. The number of aromatic nitrogens is 2. The van der Waals surface area contributed by atoms with E-state index in [0.717, 1.165) is 63.6 Å². The number of hydrogen-bond acceptors (Lipinski definition) is 5. The fraction of sp³-hybridized carbons (Fsp3) is 0.706. The van der Waals surface area contributed by atoms with Crippen molar-refractivity contribution in [3.05, 3.63) is 17.8 Å². The molecule has 2 aliphatic heterocycles. The number of carbonyl (C=O) groups is 1. The third-order valence-electron chi connectivity index (χ3n) is 4.84. The highest BCUT2D eigenvalue weighted by molar-refractivity contribution is 5.79. The van der Waals surface area contributed by atoms with Crippen molar-refractivity contribution in [3.8, 4) is 0 Å². The Balaban J connectivity index is 1.61. The highest BCUT2D eigenvalue weighted by Gasteiger charge is 2.32. The van der Waals surface area contributed by atoms with E-state index in [1.165, 1.54) is 0 Å². The zero-order valence-corrected chi connectivity index (χ0v) is 14.1. The first-order valence-electron chi connectivity index (χ1n) is 8.61. The van der Waals surface area contributed by atoms with E-state index in [1.54, 1.807) is 0 Å². The number of hydrogen-bond donors (Lipinski definition) is 0. The van der Waals surface area contributed by atoms with Crippen molar-refractivity contribution in [3.63, 3.8) is 0 Å². The van der Waals surface area contributed by atoms with E-state index in [9.17, 15) is 4.79 Å². The lowest BCUT2D eigenvalue weighted by Crippen LogP contribution is -2.44. The molecule has 0 unspecified atom stereocenters. The Bertz CT molecular complexity index is 534. The zero-order chi connectivity index (χ0) is 16.2. The van der Waals surface area contributed by atoms with Crippen LogP contribution in [0, 0.1) is 12.8 Å². The van der Waals surface area contributed by atoms with E-state index in [4.69, 9.17) is 4.74 Å². The molecule has 0 aliphatic carbocycles. The third kappa shape index (κ3) is 3.80. The molecule has 6 heteroatoms. The maximum absolute atomic E-state index is 12.8. The monoisotopic (exact) mass is 318 g/mol. The molecule has 3 heterocycles. The molecule has 0 bridgehead atoms. The van der Waals surface area contributed by atoms with Crippen LogP contribution in [0.3, 0.4) is 0 Å². The van der Waals surface area contributed by atoms with Crippen LogP contribution in [0.25, 0.3) is 0 Å². The van der Waals surface area contributed by atoms with Gasteiger partial charge in [-0.2, -0.15) is 5.10 Å². The van der Waals surface area contributed by atoms with Crippen molar-refractivity contribution >= 4 is 11.7 Å². The maximum atomic E-state index is 12.8. The number of amides is 1. The summed E-state index contributed by atoms with van der Waals surface area (Å²) in [7, 11) is 0. The summed E-state index contributed by atoms with van der Waals surface area (Å²) in [5, 5.41) is 8.40. The molecule has 1 amide bonds. The molecule has 0 saturated carbocycles. The van der Waals surface area contributed by atoms with Gasteiger partial charge in [0.15, 0.2) is 5.82 Å². The molecule has 2 saturated heterocycles. The van der Waals surface area contributed by atoms with Gasteiger partial charge in [0.05, 0.1) is 17.7 Å². The Hall–Kier alpha value is -1.69. The number of ether oxygens (including phenoxy) is 1. The number of nitrogens with zero attached hydrogens (tertiary/aromatic N) is 4. The summed E-state index contributed by atoms with van der Waals surface area (Å²) in [5.41, 5.74) is 0.923. The summed E-state index contributed by atoms with van der Waals surface area (Å²) in [4.78, 5) is 17.0. The second-order valence-electron chi connectivity index (χ2n) is 6.52. The fourth-order valence-electron chi connectivity index (χ4n) is 3.41. The minimum Gasteiger partial charge on any atom is -0.378 e. The first kappa shape index (κ1) is 16.2. The summed E-state index contributed by atoms with van der Waals surface area (Å²) in [6.07, 6.45) is 2.94. The minimum atomic E-state index is 0.0227. The molecule has 1 aromatic heterocycles. The summed E-state index contributed by atoms with van der Waals surface area (Å²) in [6.45, 7) is 8.03. The smallest absolute Gasteiger partial charge is 0.228 e. The van der Waals surface area contributed by atoms with Crippen LogP contribution in [0.1, 0.15) is 31.9 Å². The molecule has 0 radical (unpaired) electrons. The molecule has 0 N–H and O–H groups in total. The second kappa shape index (κ2) is 7.25. The molecule has 0 spiro atoms. The predicted octanol–water partition coefficient (Wildman–Crippen LogP) is 1.64. The molecule has 2 aliphatic rings. The van der Waals surface area contributed by atoms with E-state index in [-0.39, 0.29) is 17.9 Å². The Labute approximate surface area is 137 Å². The van der Waals surface area contributed by atoms with Gasteiger partial charge in [-0.1, -0.05) is 0 Å². The lowest BCUT2D eigenvalue weighted by molar-refractivity contribution is -0.143. The van der Waals surface area contributed by atoms with Gasteiger partial charge >= 0.3 is 0 Å². The van der Waals surface area contributed by atoms with Gasteiger partial charge in [-0.25, -0.2) is 0 Å². The van der Waals surface area contributed by atoms with Gasteiger partial charge in [0.25, 0.3) is 0 Å². The molecular formula is C17H26N4O2. The van der Waals surface area contributed by atoms with Crippen LogP contribution in [0.4, 0.5) is 5.82 Å². The first-order chi connectivity index (χ1) is 11.1. The molecule has 2 atom stereocenters. The second-order valence-corrected chi connectivity index (χ2v) is 6.52.